The maximum Gasteiger partial charge on any atom is 0.417 e. The highest BCUT2D eigenvalue weighted by Gasteiger charge is 2.51. The van der Waals surface area contributed by atoms with Crippen molar-refractivity contribution >= 4 is 34.7 Å². The van der Waals surface area contributed by atoms with Gasteiger partial charge >= 0.3 is 11.9 Å². The Balaban J connectivity index is 1.71. The van der Waals surface area contributed by atoms with Gasteiger partial charge in [-0.3, -0.25) is 10.1 Å². The van der Waals surface area contributed by atoms with Crippen molar-refractivity contribution in [1.29, 1.82) is 0 Å². The first-order valence-corrected chi connectivity index (χ1v) is 10.4. The maximum absolute atomic E-state index is 12.9. The van der Waals surface area contributed by atoms with Gasteiger partial charge in [-0.25, -0.2) is 15.0 Å². The van der Waals surface area contributed by atoms with E-state index in [-0.39, 0.29) is 45.0 Å². The number of fused-ring (bicyclic) bond motifs is 2. The van der Waals surface area contributed by atoms with Gasteiger partial charge < -0.3 is 10.2 Å². The van der Waals surface area contributed by atoms with Crippen LogP contribution in [0.15, 0.2) is 18.6 Å². The van der Waals surface area contributed by atoms with Gasteiger partial charge in [-0.1, -0.05) is 32.4 Å². The first-order valence-electron chi connectivity index (χ1n) is 10.0. The minimum absolute atomic E-state index is 0.0110. The number of hydrogen-bond acceptors (Lipinski definition) is 7. The van der Waals surface area contributed by atoms with E-state index >= 15 is 0 Å². The molecule has 2 atom stereocenters. The third-order valence-corrected chi connectivity index (χ3v) is 6.37. The first-order chi connectivity index (χ1) is 14.8. The molecule has 12 heteroatoms. The Hall–Kier alpha value is -2.69. The van der Waals surface area contributed by atoms with E-state index in [9.17, 15) is 23.3 Å². The van der Waals surface area contributed by atoms with E-state index in [1.807, 2.05) is 4.90 Å². The molecule has 1 aliphatic carbocycles. The van der Waals surface area contributed by atoms with Crippen LogP contribution in [0, 0.1) is 20.9 Å². The fraction of sp³-hybridized carbons (Fsp3) is 0.550. The second-order valence-electron chi connectivity index (χ2n) is 9.67. The lowest BCUT2D eigenvalue weighted by Gasteiger charge is -2.39. The highest BCUT2D eigenvalue weighted by molar-refractivity contribution is 6.33. The number of nitrogens with one attached hydrogen (secondary N) is 1. The summed E-state index contributed by atoms with van der Waals surface area (Å²) in [6, 6.07) is 0.801. The van der Waals surface area contributed by atoms with E-state index in [1.165, 1.54) is 6.33 Å². The number of anilines is 3. The molecule has 1 aliphatic heterocycles. The van der Waals surface area contributed by atoms with Gasteiger partial charge in [0.25, 0.3) is 0 Å². The Labute approximate surface area is 187 Å². The Bertz CT molecular complexity index is 1080. The molecular weight excluding hydrogens is 449 g/mol. The van der Waals surface area contributed by atoms with Crippen molar-refractivity contribution in [2.24, 2.45) is 10.8 Å². The smallest absolute Gasteiger partial charge is 0.347 e. The van der Waals surface area contributed by atoms with Crippen LogP contribution in [0.25, 0.3) is 0 Å². The summed E-state index contributed by atoms with van der Waals surface area (Å²) in [5.74, 6) is -0.164. The standard InChI is InChI=1S/C20H22ClF3N6O2/c1-18(2)5-12-6-19(3,8-18)9-29(12)17-14(30(31)32)16(26-10-27-17)28-15-13(21)4-11(7-25-15)20(22,23)24/h4,7,10,12H,5-6,8-9H2,1-3H3,(H,25,26,27,28). The van der Waals surface area contributed by atoms with Crippen LogP contribution in [0.3, 0.4) is 0 Å². The van der Waals surface area contributed by atoms with Gasteiger partial charge in [0, 0.05) is 18.8 Å². The lowest BCUT2D eigenvalue weighted by Crippen LogP contribution is -2.35. The van der Waals surface area contributed by atoms with Crippen molar-refractivity contribution < 1.29 is 18.1 Å². The highest BCUT2D eigenvalue weighted by Crippen LogP contribution is 2.54. The summed E-state index contributed by atoms with van der Waals surface area (Å²) in [6.45, 7) is 7.19. The number of nitrogens with zero attached hydrogens (tertiary/aromatic N) is 5. The zero-order chi connectivity index (χ0) is 23.5. The van der Waals surface area contributed by atoms with Gasteiger partial charge in [-0.2, -0.15) is 13.2 Å². The lowest BCUT2D eigenvalue weighted by molar-refractivity contribution is -0.383. The molecule has 0 radical (unpaired) electrons. The van der Waals surface area contributed by atoms with Crippen LogP contribution in [-0.4, -0.2) is 32.5 Å². The summed E-state index contributed by atoms with van der Waals surface area (Å²) in [6.07, 6.45) is -0.0265. The average Bonchev–Trinajstić information content (AvgIpc) is 2.90. The van der Waals surface area contributed by atoms with Crippen molar-refractivity contribution in [2.45, 2.75) is 52.3 Å². The van der Waals surface area contributed by atoms with E-state index in [2.05, 4.69) is 41.0 Å². The summed E-state index contributed by atoms with van der Waals surface area (Å²) in [4.78, 5) is 25.3. The highest BCUT2D eigenvalue weighted by atomic mass is 35.5. The largest absolute Gasteiger partial charge is 0.417 e. The molecule has 4 rings (SSSR count). The van der Waals surface area contributed by atoms with Gasteiger partial charge in [0.1, 0.15) is 6.33 Å². The molecule has 2 aliphatic rings. The van der Waals surface area contributed by atoms with Crippen molar-refractivity contribution in [1.82, 2.24) is 15.0 Å². The number of rotatable bonds is 4. The Kier molecular flexibility index (Phi) is 5.22. The van der Waals surface area contributed by atoms with Gasteiger partial charge in [0.15, 0.2) is 5.82 Å². The van der Waals surface area contributed by atoms with Gasteiger partial charge in [0.2, 0.25) is 11.6 Å². The third kappa shape index (κ3) is 4.17. The van der Waals surface area contributed by atoms with Crippen molar-refractivity contribution in [3.63, 3.8) is 0 Å². The molecule has 0 amide bonds. The van der Waals surface area contributed by atoms with Gasteiger partial charge in [0.05, 0.1) is 15.5 Å². The summed E-state index contributed by atoms with van der Waals surface area (Å²) in [5, 5.41) is 14.3. The fourth-order valence-electron chi connectivity index (χ4n) is 5.34. The second-order valence-corrected chi connectivity index (χ2v) is 10.1. The number of hydrogen-bond donors (Lipinski definition) is 1. The number of alkyl halides is 3. The summed E-state index contributed by atoms with van der Waals surface area (Å²) >= 11 is 5.96. The number of aromatic nitrogens is 3. The lowest BCUT2D eigenvalue weighted by atomic mass is 9.65. The molecule has 32 heavy (non-hydrogen) atoms. The molecule has 172 valence electrons. The van der Waals surface area contributed by atoms with Gasteiger partial charge in [-0.15, -0.1) is 0 Å². The van der Waals surface area contributed by atoms with E-state index in [1.54, 1.807) is 0 Å². The molecule has 2 unspecified atom stereocenters. The third-order valence-electron chi connectivity index (χ3n) is 6.08. The van der Waals surface area contributed by atoms with Crippen LogP contribution in [-0.2, 0) is 6.18 Å². The zero-order valence-corrected chi connectivity index (χ0v) is 18.5. The minimum atomic E-state index is -4.61. The number of nitro groups is 1. The predicted molar refractivity (Wildman–Crippen MR) is 113 cm³/mol. The van der Waals surface area contributed by atoms with Crippen LogP contribution in [0.2, 0.25) is 5.02 Å². The first kappa shape index (κ1) is 22.5. The molecule has 2 aromatic rings. The molecule has 1 saturated carbocycles. The van der Waals surface area contributed by atoms with Crippen LogP contribution >= 0.6 is 11.6 Å². The predicted octanol–water partition coefficient (Wildman–Crippen LogP) is 5.60. The Morgan fingerprint density at radius 3 is 2.56 bits per heavy atom. The fourth-order valence-corrected chi connectivity index (χ4v) is 5.56. The molecule has 8 nitrogen and oxygen atoms in total. The average molecular weight is 471 g/mol. The maximum atomic E-state index is 12.9. The van der Waals surface area contributed by atoms with Crippen molar-refractivity contribution in [2.75, 3.05) is 16.8 Å². The normalized spacial score (nSPS) is 24.5. The molecule has 0 spiro atoms. The molecule has 0 aromatic carbocycles. The molecule has 2 bridgehead atoms. The summed E-state index contributed by atoms with van der Waals surface area (Å²) in [7, 11) is 0. The molecule has 2 fully saturated rings. The quantitative estimate of drug-likeness (QED) is 0.458. The topological polar surface area (TPSA) is 97.1 Å². The van der Waals surface area contributed by atoms with E-state index < -0.39 is 16.7 Å². The molecule has 1 saturated heterocycles. The number of halogens is 4. The van der Waals surface area contributed by atoms with Crippen LogP contribution in [0.1, 0.15) is 45.6 Å². The Morgan fingerprint density at radius 2 is 1.94 bits per heavy atom. The van der Waals surface area contributed by atoms with E-state index in [0.717, 1.165) is 19.3 Å². The van der Waals surface area contributed by atoms with Crippen LogP contribution in [0.5, 0.6) is 0 Å². The van der Waals surface area contributed by atoms with Crippen molar-refractivity contribution in [3.05, 3.63) is 39.3 Å². The second kappa shape index (κ2) is 7.43. The monoisotopic (exact) mass is 470 g/mol. The summed E-state index contributed by atoms with van der Waals surface area (Å²) in [5.41, 5.74) is -1.27. The SMILES string of the molecule is CC1(C)CC2CC(C)(CN2c2ncnc(Nc3ncc(C(F)(F)F)cc3Cl)c2[N+](=O)[O-])C1. The Morgan fingerprint density at radius 1 is 1.22 bits per heavy atom. The molecule has 3 heterocycles. The van der Waals surface area contributed by atoms with E-state index in [4.69, 9.17) is 11.6 Å². The minimum Gasteiger partial charge on any atom is -0.347 e. The molecular formula is C20H22ClF3N6O2. The van der Waals surface area contributed by atoms with E-state index in [0.29, 0.717) is 18.8 Å². The molecule has 2 aromatic heterocycles. The zero-order valence-electron chi connectivity index (χ0n) is 17.7. The molecule has 1 N–H and O–H groups in total. The number of pyridine rings is 1. The van der Waals surface area contributed by atoms with Crippen LogP contribution in [0.4, 0.5) is 36.3 Å². The summed E-state index contributed by atoms with van der Waals surface area (Å²) < 4.78 is 38.6. The van der Waals surface area contributed by atoms with Crippen molar-refractivity contribution in [3.8, 4) is 0 Å². The van der Waals surface area contributed by atoms with Gasteiger partial charge in [-0.05, 0) is 36.2 Å². The van der Waals surface area contributed by atoms with Crippen LogP contribution < -0.4 is 10.2 Å².